The summed E-state index contributed by atoms with van der Waals surface area (Å²) in [5, 5.41) is 0. The number of carbonyl (C=O) groups is 1. The smallest absolute Gasteiger partial charge is 0.283 e. The third kappa shape index (κ3) is 4.21. The summed E-state index contributed by atoms with van der Waals surface area (Å²) in [6.07, 6.45) is 1.95. The number of para-hydroxylation sites is 2. The molecule has 3 aromatic carbocycles. The van der Waals surface area contributed by atoms with Gasteiger partial charge in [0.2, 0.25) is 0 Å². The molecular formula is C25H24N2O2S. The molecule has 30 heavy (non-hydrogen) atoms. The van der Waals surface area contributed by atoms with Crippen LogP contribution < -0.4 is 9.54 Å². The van der Waals surface area contributed by atoms with Gasteiger partial charge < -0.3 is 9.30 Å². The van der Waals surface area contributed by atoms with Crippen LogP contribution in [-0.2, 0) is 13.0 Å². The highest BCUT2D eigenvalue weighted by molar-refractivity contribution is 7.16. The van der Waals surface area contributed by atoms with E-state index in [0.29, 0.717) is 17.1 Å². The molecule has 4 rings (SSSR count). The van der Waals surface area contributed by atoms with Crippen LogP contribution in [0.1, 0.15) is 36.2 Å². The number of amides is 1. The van der Waals surface area contributed by atoms with Gasteiger partial charge in [-0.25, -0.2) is 0 Å². The molecule has 0 bridgehead atoms. The Morgan fingerprint density at radius 2 is 1.77 bits per heavy atom. The molecule has 5 heteroatoms. The van der Waals surface area contributed by atoms with Crippen LogP contribution in [0.3, 0.4) is 0 Å². The highest BCUT2D eigenvalue weighted by atomic mass is 32.1. The first-order valence-corrected chi connectivity index (χ1v) is 11.0. The van der Waals surface area contributed by atoms with Crippen molar-refractivity contribution in [3.05, 3.63) is 88.7 Å². The number of carbonyl (C=O) groups excluding carboxylic acids is 1. The number of ether oxygens (including phenoxy) is 1. The van der Waals surface area contributed by atoms with Crippen LogP contribution in [0.15, 0.2) is 77.8 Å². The number of aryl methyl sites for hydroxylation is 2. The molecular weight excluding hydrogens is 392 g/mol. The van der Waals surface area contributed by atoms with Gasteiger partial charge in [-0.2, -0.15) is 4.99 Å². The lowest BCUT2D eigenvalue weighted by Gasteiger charge is -2.08. The first-order valence-electron chi connectivity index (χ1n) is 10.2. The van der Waals surface area contributed by atoms with Gasteiger partial charge in [-0.1, -0.05) is 61.6 Å². The minimum atomic E-state index is -0.298. The summed E-state index contributed by atoms with van der Waals surface area (Å²) in [7, 11) is 0. The summed E-state index contributed by atoms with van der Waals surface area (Å²) in [4.78, 5) is 18.4. The van der Waals surface area contributed by atoms with E-state index in [2.05, 4.69) is 41.6 Å². The second-order valence-electron chi connectivity index (χ2n) is 7.02. The van der Waals surface area contributed by atoms with Crippen LogP contribution in [0.25, 0.3) is 10.2 Å². The quantitative estimate of drug-likeness (QED) is 0.375. The van der Waals surface area contributed by atoms with Gasteiger partial charge in [-0.05, 0) is 54.8 Å². The van der Waals surface area contributed by atoms with Crippen molar-refractivity contribution in [1.29, 1.82) is 0 Å². The summed E-state index contributed by atoms with van der Waals surface area (Å²) in [5.74, 6) is 0.898. The molecule has 0 aliphatic heterocycles. The summed E-state index contributed by atoms with van der Waals surface area (Å²) >= 11 is 1.56. The Hall–Kier alpha value is -3.18. The van der Waals surface area contributed by atoms with Crippen molar-refractivity contribution in [2.45, 2.75) is 33.2 Å². The molecule has 0 radical (unpaired) electrons. The molecule has 0 unspecified atom stereocenters. The molecule has 0 aliphatic carbocycles. The number of rotatable bonds is 6. The fraction of sp³-hybridized carbons (Fsp3) is 0.200. The van der Waals surface area contributed by atoms with Crippen molar-refractivity contribution in [1.82, 2.24) is 4.57 Å². The van der Waals surface area contributed by atoms with Gasteiger partial charge in [0.05, 0.1) is 15.8 Å². The number of hydrogen-bond donors (Lipinski definition) is 0. The van der Waals surface area contributed by atoms with Gasteiger partial charge in [-0.15, -0.1) is 0 Å². The molecule has 0 aliphatic rings. The van der Waals surface area contributed by atoms with E-state index in [1.54, 1.807) is 23.5 Å². The third-order valence-corrected chi connectivity index (χ3v) is 5.93. The lowest BCUT2D eigenvalue weighted by Crippen LogP contribution is -2.17. The van der Waals surface area contributed by atoms with Crippen molar-refractivity contribution < 1.29 is 9.53 Å². The number of benzene rings is 3. The average molecular weight is 417 g/mol. The van der Waals surface area contributed by atoms with Crippen molar-refractivity contribution in [2.75, 3.05) is 0 Å². The second-order valence-corrected chi connectivity index (χ2v) is 8.03. The van der Waals surface area contributed by atoms with Gasteiger partial charge in [-0.3, -0.25) is 4.79 Å². The lowest BCUT2D eigenvalue weighted by atomic mass is 10.2. The Morgan fingerprint density at radius 1 is 1.00 bits per heavy atom. The van der Waals surface area contributed by atoms with E-state index in [1.165, 1.54) is 5.56 Å². The van der Waals surface area contributed by atoms with Crippen LogP contribution in [0.2, 0.25) is 0 Å². The van der Waals surface area contributed by atoms with Gasteiger partial charge in [0, 0.05) is 6.54 Å². The molecule has 4 nitrogen and oxygen atoms in total. The number of hydrogen-bond acceptors (Lipinski definition) is 3. The minimum absolute atomic E-state index is 0.298. The van der Waals surface area contributed by atoms with Crippen LogP contribution in [0, 0.1) is 0 Å². The lowest BCUT2D eigenvalue weighted by molar-refractivity contribution is 0.0995. The Balaban J connectivity index is 1.76. The SMILES string of the molecule is CCCn1c(=NC(=O)c2ccccc2Oc2ccccc2)sc2cc(CC)ccc21. The Morgan fingerprint density at radius 3 is 2.53 bits per heavy atom. The van der Waals surface area contributed by atoms with Gasteiger partial charge in [0.15, 0.2) is 4.80 Å². The van der Waals surface area contributed by atoms with Crippen LogP contribution in [0.4, 0.5) is 0 Å². The number of nitrogens with zero attached hydrogens (tertiary/aromatic N) is 2. The number of thiazole rings is 1. The van der Waals surface area contributed by atoms with E-state index in [1.807, 2.05) is 42.5 Å². The highest BCUT2D eigenvalue weighted by Gasteiger charge is 2.14. The van der Waals surface area contributed by atoms with Gasteiger partial charge in [0.1, 0.15) is 11.5 Å². The molecule has 1 amide bonds. The van der Waals surface area contributed by atoms with E-state index in [-0.39, 0.29) is 5.91 Å². The van der Waals surface area contributed by atoms with Crippen molar-refractivity contribution in [2.24, 2.45) is 4.99 Å². The molecule has 0 spiro atoms. The zero-order chi connectivity index (χ0) is 20.9. The van der Waals surface area contributed by atoms with Crippen molar-refractivity contribution in [3.63, 3.8) is 0 Å². The molecule has 152 valence electrons. The first-order chi connectivity index (χ1) is 14.7. The summed E-state index contributed by atoms with van der Waals surface area (Å²) in [5.41, 5.74) is 2.86. The first kappa shape index (κ1) is 20.1. The predicted molar refractivity (Wildman–Crippen MR) is 122 cm³/mol. The summed E-state index contributed by atoms with van der Waals surface area (Å²) in [6, 6.07) is 23.2. The molecule has 1 aromatic heterocycles. The highest BCUT2D eigenvalue weighted by Crippen LogP contribution is 2.26. The molecule has 0 saturated carbocycles. The largest absolute Gasteiger partial charge is 0.457 e. The van der Waals surface area contributed by atoms with Crippen molar-refractivity contribution in [3.8, 4) is 11.5 Å². The molecule has 1 heterocycles. The Labute approximate surface area is 180 Å². The van der Waals surface area contributed by atoms with Crippen LogP contribution >= 0.6 is 11.3 Å². The maximum Gasteiger partial charge on any atom is 0.283 e. The molecule has 0 saturated heterocycles. The maximum absolute atomic E-state index is 13.1. The molecule has 0 N–H and O–H groups in total. The zero-order valence-electron chi connectivity index (χ0n) is 17.2. The van der Waals surface area contributed by atoms with Gasteiger partial charge in [0.25, 0.3) is 5.91 Å². The van der Waals surface area contributed by atoms with E-state index in [4.69, 9.17) is 4.74 Å². The Bertz CT molecular complexity index is 1240. The normalized spacial score (nSPS) is 11.7. The topological polar surface area (TPSA) is 43.6 Å². The number of fused-ring (bicyclic) bond motifs is 1. The summed E-state index contributed by atoms with van der Waals surface area (Å²) in [6.45, 7) is 5.10. The average Bonchev–Trinajstić information content (AvgIpc) is 3.11. The molecule has 0 atom stereocenters. The van der Waals surface area contributed by atoms with Gasteiger partial charge >= 0.3 is 0 Å². The fourth-order valence-electron chi connectivity index (χ4n) is 3.36. The fourth-order valence-corrected chi connectivity index (χ4v) is 4.48. The maximum atomic E-state index is 13.1. The zero-order valence-corrected chi connectivity index (χ0v) is 18.0. The monoisotopic (exact) mass is 416 g/mol. The standard InChI is InChI=1S/C25H24N2O2S/c1-3-16-27-21-15-14-18(4-2)17-23(21)30-25(27)26-24(28)20-12-8-9-13-22(20)29-19-10-6-5-7-11-19/h5-15,17H,3-4,16H2,1-2H3. The Kier molecular flexibility index (Phi) is 6.10. The predicted octanol–water partition coefficient (Wildman–Crippen LogP) is 6.21. The molecule has 0 fully saturated rings. The van der Waals surface area contributed by atoms with E-state index in [0.717, 1.165) is 34.4 Å². The van der Waals surface area contributed by atoms with Crippen LogP contribution in [-0.4, -0.2) is 10.5 Å². The summed E-state index contributed by atoms with van der Waals surface area (Å²) < 4.78 is 9.24. The van der Waals surface area contributed by atoms with Crippen LogP contribution in [0.5, 0.6) is 11.5 Å². The van der Waals surface area contributed by atoms with E-state index < -0.39 is 0 Å². The second kappa shape index (κ2) is 9.09. The third-order valence-electron chi connectivity index (χ3n) is 4.89. The molecule has 4 aromatic rings. The van der Waals surface area contributed by atoms with Crippen molar-refractivity contribution >= 4 is 27.5 Å². The van der Waals surface area contributed by atoms with E-state index in [9.17, 15) is 4.79 Å². The minimum Gasteiger partial charge on any atom is -0.457 e. The van der Waals surface area contributed by atoms with E-state index >= 15 is 0 Å². The number of aromatic nitrogens is 1.